The number of amidine groups is 1. The third-order valence-electron chi connectivity index (χ3n) is 2.83. The lowest BCUT2D eigenvalue weighted by Gasteiger charge is -2.11. The molecule has 0 saturated carbocycles. The van der Waals surface area contributed by atoms with Crippen LogP contribution in [0.3, 0.4) is 0 Å². The zero-order valence-corrected chi connectivity index (χ0v) is 11.4. The van der Waals surface area contributed by atoms with Crippen LogP contribution in [0.4, 0.5) is 5.69 Å². The minimum atomic E-state index is -0.411. The molecule has 1 aromatic carbocycles. The summed E-state index contributed by atoms with van der Waals surface area (Å²) in [6.45, 7) is 2.72. The molecule has 1 heterocycles. The Hall–Kier alpha value is -2.50. The summed E-state index contributed by atoms with van der Waals surface area (Å²) < 4.78 is 5.10. The van der Waals surface area contributed by atoms with Crippen molar-refractivity contribution < 1.29 is 14.6 Å². The van der Waals surface area contributed by atoms with Crippen LogP contribution in [0.15, 0.2) is 40.6 Å². The lowest BCUT2D eigenvalue weighted by molar-refractivity contribution is -0.112. The first-order valence-electron chi connectivity index (χ1n) is 6.25. The van der Waals surface area contributed by atoms with Gasteiger partial charge in [0.2, 0.25) is 0 Å². The minimum Gasteiger partial charge on any atom is -0.512 e. The Morgan fingerprint density at radius 2 is 2.30 bits per heavy atom. The number of allylic oxidation sites excluding steroid dienone is 1. The molecular formula is C14H17N3O3. The van der Waals surface area contributed by atoms with E-state index < -0.39 is 5.91 Å². The van der Waals surface area contributed by atoms with Crippen molar-refractivity contribution in [2.24, 2.45) is 4.99 Å². The zero-order valence-electron chi connectivity index (χ0n) is 11.4. The lowest BCUT2D eigenvalue weighted by Crippen LogP contribution is -2.29. The van der Waals surface area contributed by atoms with Gasteiger partial charge in [-0.3, -0.25) is 9.79 Å². The van der Waals surface area contributed by atoms with E-state index in [4.69, 9.17) is 4.74 Å². The third kappa shape index (κ3) is 3.09. The largest absolute Gasteiger partial charge is 0.512 e. The van der Waals surface area contributed by atoms with E-state index in [1.165, 1.54) is 6.92 Å². The van der Waals surface area contributed by atoms with E-state index >= 15 is 0 Å². The fourth-order valence-electron chi connectivity index (χ4n) is 1.90. The van der Waals surface area contributed by atoms with Crippen molar-refractivity contribution in [1.29, 1.82) is 0 Å². The molecule has 3 N–H and O–H groups in total. The van der Waals surface area contributed by atoms with Crippen molar-refractivity contribution >= 4 is 17.4 Å². The predicted octanol–water partition coefficient (Wildman–Crippen LogP) is 1.47. The smallest absolute Gasteiger partial charge is 0.262 e. The summed E-state index contributed by atoms with van der Waals surface area (Å²) in [6.07, 6.45) is 0. The maximum atomic E-state index is 12.3. The van der Waals surface area contributed by atoms with Crippen LogP contribution in [0.2, 0.25) is 0 Å². The van der Waals surface area contributed by atoms with Crippen LogP contribution in [-0.4, -0.2) is 37.0 Å². The quantitative estimate of drug-likeness (QED) is 0.574. The van der Waals surface area contributed by atoms with Crippen molar-refractivity contribution in [3.63, 3.8) is 0 Å². The minimum absolute atomic E-state index is 0.0708. The number of aliphatic hydroxyl groups excluding tert-OH is 1. The number of nitrogens with zero attached hydrogens (tertiary/aromatic N) is 1. The van der Waals surface area contributed by atoms with E-state index in [1.54, 1.807) is 31.4 Å². The van der Waals surface area contributed by atoms with Gasteiger partial charge in [0, 0.05) is 18.3 Å². The second-order valence-corrected chi connectivity index (χ2v) is 4.30. The fourth-order valence-corrected chi connectivity index (χ4v) is 1.90. The van der Waals surface area contributed by atoms with E-state index in [9.17, 15) is 9.90 Å². The molecule has 6 nitrogen and oxygen atoms in total. The van der Waals surface area contributed by atoms with Crippen molar-refractivity contribution in [3.8, 4) is 5.75 Å². The molecule has 1 aliphatic heterocycles. The number of amides is 1. The summed E-state index contributed by atoms with van der Waals surface area (Å²) in [4.78, 5) is 16.4. The molecule has 0 radical (unpaired) electrons. The number of aliphatic hydroxyl groups is 1. The van der Waals surface area contributed by atoms with E-state index in [0.717, 1.165) is 0 Å². The molecule has 0 aromatic heterocycles. The topological polar surface area (TPSA) is 83.0 Å². The highest BCUT2D eigenvalue weighted by atomic mass is 16.5. The number of rotatable bonds is 4. The van der Waals surface area contributed by atoms with Crippen molar-refractivity contribution in [3.05, 3.63) is 35.6 Å². The average molecular weight is 275 g/mol. The summed E-state index contributed by atoms with van der Waals surface area (Å²) in [7, 11) is 1.56. The molecule has 0 atom stereocenters. The standard InChI is InChI=1S/C14H17N3O3/c1-9(18)12(13-15-6-7-16-13)14(19)17-10-4-3-5-11(8-10)20-2/h3-5,8,18H,6-7H2,1-2H3,(H,15,16)(H,17,19)/b12-9-. The molecule has 1 aromatic rings. The number of benzene rings is 1. The number of anilines is 1. The number of hydrogen-bond donors (Lipinski definition) is 3. The van der Waals surface area contributed by atoms with Crippen LogP contribution in [0.25, 0.3) is 0 Å². The van der Waals surface area contributed by atoms with E-state index in [-0.39, 0.29) is 11.3 Å². The van der Waals surface area contributed by atoms with Gasteiger partial charge in [-0.2, -0.15) is 0 Å². The maximum Gasteiger partial charge on any atom is 0.262 e. The van der Waals surface area contributed by atoms with E-state index in [0.29, 0.717) is 30.4 Å². The Kier molecular flexibility index (Phi) is 4.24. The summed E-state index contributed by atoms with van der Waals surface area (Å²) in [5, 5.41) is 15.4. The molecule has 20 heavy (non-hydrogen) atoms. The van der Waals surface area contributed by atoms with Gasteiger partial charge in [0.1, 0.15) is 22.9 Å². The Balaban J connectivity index is 2.19. The van der Waals surface area contributed by atoms with Gasteiger partial charge in [-0.15, -0.1) is 0 Å². The fraction of sp³-hybridized carbons (Fsp3) is 0.286. The maximum absolute atomic E-state index is 12.3. The normalized spacial score (nSPS) is 15.0. The van der Waals surface area contributed by atoms with Gasteiger partial charge < -0.3 is 20.5 Å². The van der Waals surface area contributed by atoms with Crippen LogP contribution < -0.4 is 15.4 Å². The van der Waals surface area contributed by atoms with Gasteiger partial charge >= 0.3 is 0 Å². The number of nitrogens with one attached hydrogen (secondary N) is 2. The first-order chi connectivity index (χ1) is 9.61. The molecule has 6 heteroatoms. The summed E-state index contributed by atoms with van der Waals surface area (Å²) >= 11 is 0. The molecule has 1 aliphatic rings. The Labute approximate surface area is 117 Å². The molecule has 0 unspecified atom stereocenters. The van der Waals surface area contributed by atoms with E-state index in [2.05, 4.69) is 15.6 Å². The van der Waals surface area contributed by atoms with Gasteiger partial charge in [-0.25, -0.2) is 0 Å². The molecule has 2 rings (SSSR count). The second-order valence-electron chi connectivity index (χ2n) is 4.30. The van der Waals surface area contributed by atoms with Gasteiger partial charge in [-0.1, -0.05) is 6.07 Å². The molecule has 0 bridgehead atoms. The number of methoxy groups -OCH3 is 1. The number of ether oxygens (including phenoxy) is 1. The number of carbonyl (C=O) groups excluding carboxylic acids is 1. The molecular weight excluding hydrogens is 258 g/mol. The van der Waals surface area contributed by atoms with Crippen LogP contribution in [0.1, 0.15) is 6.92 Å². The summed E-state index contributed by atoms with van der Waals surface area (Å²) in [6, 6.07) is 7.00. The SMILES string of the molecule is COc1cccc(NC(=O)/C(C2=NCCN2)=C(/C)O)c1. The molecule has 0 spiro atoms. The monoisotopic (exact) mass is 275 g/mol. The third-order valence-corrected chi connectivity index (χ3v) is 2.83. The highest BCUT2D eigenvalue weighted by Crippen LogP contribution is 2.18. The van der Waals surface area contributed by atoms with Crippen molar-refractivity contribution in [2.45, 2.75) is 6.92 Å². The number of carbonyl (C=O) groups is 1. The highest BCUT2D eigenvalue weighted by molar-refractivity contribution is 6.25. The molecule has 0 aliphatic carbocycles. The van der Waals surface area contributed by atoms with Gasteiger partial charge in [0.05, 0.1) is 13.7 Å². The molecule has 0 saturated heterocycles. The first-order valence-corrected chi connectivity index (χ1v) is 6.25. The second kappa shape index (κ2) is 6.10. The van der Waals surface area contributed by atoms with Crippen LogP contribution in [0.5, 0.6) is 5.75 Å². The Morgan fingerprint density at radius 3 is 2.90 bits per heavy atom. The zero-order chi connectivity index (χ0) is 14.5. The Morgan fingerprint density at radius 1 is 1.50 bits per heavy atom. The van der Waals surface area contributed by atoms with E-state index in [1.807, 2.05) is 0 Å². The average Bonchev–Trinajstić information content (AvgIpc) is 2.92. The van der Waals surface area contributed by atoms with Gasteiger partial charge in [0.25, 0.3) is 5.91 Å². The lowest BCUT2D eigenvalue weighted by atomic mass is 10.2. The summed E-state index contributed by atoms with van der Waals surface area (Å²) in [5.74, 6) is 0.584. The number of aliphatic imine (C=N–C) groups is 1. The van der Waals surface area contributed by atoms with Gasteiger partial charge in [0.15, 0.2) is 0 Å². The van der Waals surface area contributed by atoms with Crippen LogP contribution in [0, 0.1) is 0 Å². The molecule has 106 valence electrons. The predicted molar refractivity (Wildman–Crippen MR) is 77.3 cm³/mol. The number of hydrogen-bond acceptors (Lipinski definition) is 5. The summed E-state index contributed by atoms with van der Waals surface area (Å²) in [5.41, 5.74) is 0.747. The molecule has 0 fully saturated rings. The first kappa shape index (κ1) is 13.9. The van der Waals surface area contributed by atoms with Crippen molar-refractivity contribution in [1.82, 2.24) is 5.32 Å². The van der Waals surface area contributed by atoms with Gasteiger partial charge in [-0.05, 0) is 19.1 Å². The Bertz CT molecular complexity index is 575. The van der Waals surface area contributed by atoms with Crippen LogP contribution in [-0.2, 0) is 4.79 Å². The molecule has 1 amide bonds. The van der Waals surface area contributed by atoms with Crippen molar-refractivity contribution in [2.75, 3.05) is 25.5 Å². The van der Waals surface area contributed by atoms with Crippen LogP contribution >= 0.6 is 0 Å². The highest BCUT2D eigenvalue weighted by Gasteiger charge is 2.21.